The first-order chi connectivity index (χ1) is 8.41. The average molecular weight is 414 g/mol. The maximum atomic E-state index is 6.32. The summed E-state index contributed by atoms with van der Waals surface area (Å²) in [5, 5.41) is 4.88. The smallest absolute Gasteiger partial charge is 0.0837 e. The standard InChI is InChI=1S/C11H12Br2ClN3S/c1-5(2)17-10(7(14)4-16-17)9(15)6-3-8(12)18-11(6)13/h3-5,9H,15H2,1-2H3. The van der Waals surface area contributed by atoms with Gasteiger partial charge in [-0.15, -0.1) is 11.3 Å². The van der Waals surface area contributed by atoms with Crippen molar-refractivity contribution in [1.29, 1.82) is 0 Å². The second kappa shape index (κ2) is 5.63. The molecular weight excluding hydrogens is 401 g/mol. The number of aromatic nitrogens is 2. The maximum Gasteiger partial charge on any atom is 0.0837 e. The molecule has 0 bridgehead atoms. The molecule has 0 fully saturated rings. The topological polar surface area (TPSA) is 43.8 Å². The van der Waals surface area contributed by atoms with Crippen LogP contribution in [0.1, 0.15) is 37.2 Å². The zero-order valence-corrected chi connectivity index (χ0v) is 14.6. The highest BCUT2D eigenvalue weighted by atomic mass is 79.9. The minimum absolute atomic E-state index is 0.222. The Labute approximate surface area is 132 Å². The summed E-state index contributed by atoms with van der Waals surface area (Å²) in [6.45, 7) is 4.11. The van der Waals surface area contributed by atoms with E-state index in [1.807, 2.05) is 10.7 Å². The van der Waals surface area contributed by atoms with Crippen LogP contribution in [0.3, 0.4) is 0 Å². The largest absolute Gasteiger partial charge is 0.319 e. The highest BCUT2D eigenvalue weighted by Crippen LogP contribution is 2.38. The van der Waals surface area contributed by atoms with Crippen molar-refractivity contribution in [3.8, 4) is 0 Å². The van der Waals surface area contributed by atoms with Gasteiger partial charge in [0.25, 0.3) is 0 Å². The summed E-state index contributed by atoms with van der Waals surface area (Å²) in [5.74, 6) is 0. The molecule has 2 N–H and O–H groups in total. The SMILES string of the molecule is CC(C)n1ncc(Cl)c1C(N)c1cc(Br)sc1Br. The van der Waals surface area contributed by atoms with Crippen LogP contribution in [-0.2, 0) is 0 Å². The fourth-order valence-electron chi connectivity index (χ4n) is 1.77. The number of hydrogen-bond donors (Lipinski definition) is 1. The van der Waals surface area contributed by atoms with Crippen LogP contribution in [0.15, 0.2) is 19.8 Å². The number of nitrogens with zero attached hydrogens (tertiary/aromatic N) is 2. The third-order valence-electron chi connectivity index (χ3n) is 2.59. The highest BCUT2D eigenvalue weighted by Gasteiger charge is 2.23. The minimum Gasteiger partial charge on any atom is -0.319 e. The molecule has 0 spiro atoms. The molecule has 0 aliphatic rings. The quantitative estimate of drug-likeness (QED) is 0.789. The lowest BCUT2D eigenvalue weighted by molar-refractivity contribution is 0.499. The van der Waals surface area contributed by atoms with Gasteiger partial charge in [-0.05, 0) is 51.8 Å². The number of thiophene rings is 1. The molecule has 0 saturated heterocycles. The molecule has 1 atom stereocenters. The molecule has 0 radical (unpaired) electrons. The molecule has 3 nitrogen and oxygen atoms in total. The van der Waals surface area contributed by atoms with Gasteiger partial charge in [-0.3, -0.25) is 4.68 Å². The van der Waals surface area contributed by atoms with Gasteiger partial charge in [-0.25, -0.2) is 0 Å². The molecular formula is C11H12Br2ClN3S. The normalized spacial score (nSPS) is 13.3. The summed E-state index contributed by atoms with van der Waals surface area (Å²) < 4.78 is 3.91. The van der Waals surface area contributed by atoms with E-state index < -0.39 is 0 Å². The van der Waals surface area contributed by atoms with E-state index in [-0.39, 0.29) is 12.1 Å². The molecule has 2 aromatic rings. The number of nitrogens with two attached hydrogens (primary N) is 1. The summed E-state index contributed by atoms with van der Waals surface area (Å²) in [5.41, 5.74) is 8.18. The Morgan fingerprint density at radius 2 is 2.11 bits per heavy atom. The maximum absolute atomic E-state index is 6.32. The molecule has 0 saturated carbocycles. The van der Waals surface area contributed by atoms with Crippen LogP contribution in [0.4, 0.5) is 0 Å². The average Bonchev–Trinajstić information content (AvgIpc) is 2.81. The van der Waals surface area contributed by atoms with Gasteiger partial charge in [0, 0.05) is 11.6 Å². The van der Waals surface area contributed by atoms with Gasteiger partial charge >= 0.3 is 0 Å². The lowest BCUT2D eigenvalue weighted by Crippen LogP contribution is -2.19. The van der Waals surface area contributed by atoms with E-state index in [1.165, 1.54) is 0 Å². The predicted octanol–water partition coefficient (Wildman–Crippen LogP) is 4.75. The highest BCUT2D eigenvalue weighted by molar-refractivity contribution is 9.12. The van der Waals surface area contributed by atoms with Gasteiger partial charge < -0.3 is 5.73 Å². The zero-order valence-electron chi connectivity index (χ0n) is 9.82. The van der Waals surface area contributed by atoms with Gasteiger partial charge in [-0.1, -0.05) is 11.6 Å². The van der Waals surface area contributed by atoms with E-state index in [0.717, 1.165) is 18.8 Å². The van der Waals surface area contributed by atoms with E-state index >= 15 is 0 Å². The van der Waals surface area contributed by atoms with Crippen molar-refractivity contribution in [2.24, 2.45) is 5.73 Å². The second-order valence-electron chi connectivity index (χ2n) is 4.17. The minimum atomic E-state index is -0.292. The summed E-state index contributed by atoms with van der Waals surface area (Å²) in [6, 6.07) is 1.94. The molecule has 2 rings (SSSR count). The summed E-state index contributed by atoms with van der Waals surface area (Å²) in [7, 11) is 0. The van der Waals surface area contributed by atoms with Crippen molar-refractivity contribution in [3.63, 3.8) is 0 Å². The first-order valence-corrected chi connectivity index (χ1v) is 8.13. The third-order valence-corrected chi connectivity index (χ3v) is 5.27. The van der Waals surface area contributed by atoms with Crippen molar-refractivity contribution in [3.05, 3.63) is 36.1 Å². The van der Waals surface area contributed by atoms with E-state index in [9.17, 15) is 0 Å². The monoisotopic (exact) mass is 411 g/mol. The molecule has 0 aliphatic heterocycles. The van der Waals surface area contributed by atoms with Gasteiger partial charge in [0.15, 0.2) is 0 Å². The second-order valence-corrected chi connectivity index (χ2v) is 8.33. The Hall–Kier alpha value is 0.120. The molecule has 0 aliphatic carbocycles. The lowest BCUT2D eigenvalue weighted by atomic mass is 10.1. The van der Waals surface area contributed by atoms with Gasteiger partial charge in [0.1, 0.15) is 0 Å². The Bertz CT molecular complexity index is 565. The van der Waals surface area contributed by atoms with Crippen molar-refractivity contribution < 1.29 is 0 Å². The van der Waals surface area contributed by atoms with Crippen molar-refractivity contribution in [2.75, 3.05) is 0 Å². The van der Waals surface area contributed by atoms with E-state index in [1.54, 1.807) is 17.5 Å². The van der Waals surface area contributed by atoms with E-state index in [2.05, 4.69) is 50.8 Å². The summed E-state index contributed by atoms with van der Waals surface area (Å²) >= 11 is 14.8. The van der Waals surface area contributed by atoms with Gasteiger partial charge in [0.2, 0.25) is 0 Å². The molecule has 0 amide bonds. The Kier molecular flexibility index (Phi) is 4.54. The summed E-state index contributed by atoms with van der Waals surface area (Å²) in [6.07, 6.45) is 1.64. The zero-order chi connectivity index (χ0) is 13.4. The van der Waals surface area contributed by atoms with Crippen LogP contribution in [-0.4, -0.2) is 9.78 Å². The van der Waals surface area contributed by atoms with Crippen LogP contribution >= 0.6 is 54.8 Å². The molecule has 18 heavy (non-hydrogen) atoms. The van der Waals surface area contributed by atoms with Crippen LogP contribution in [0.5, 0.6) is 0 Å². The van der Waals surface area contributed by atoms with E-state index in [0.29, 0.717) is 5.02 Å². The third kappa shape index (κ3) is 2.67. The Morgan fingerprint density at radius 1 is 1.44 bits per heavy atom. The molecule has 7 heteroatoms. The Balaban J connectivity index is 2.48. The predicted molar refractivity (Wildman–Crippen MR) is 83.4 cm³/mol. The molecule has 0 aromatic carbocycles. The van der Waals surface area contributed by atoms with E-state index in [4.69, 9.17) is 17.3 Å². The molecule has 2 aromatic heterocycles. The van der Waals surface area contributed by atoms with Gasteiger partial charge in [-0.2, -0.15) is 5.10 Å². The van der Waals surface area contributed by atoms with Crippen LogP contribution in [0.2, 0.25) is 5.02 Å². The molecule has 98 valence electrons. The van der Waals surface area contributed by atoms with Gasteiger partial charge in [0.05, 0.1) is 30.5 Å². The molecule has 2 heterocycles. The first-order valence-electron chi connectivity index (χ1n) is 5.35. The summed E-state index contributed by atoms with van der Waals surface area (Å²) in [4.78, 5) is 0. The van der Waals surface area contributed by atoms with Crippen LogP contribution in [0.25, 0.3) is 0 Å². The fourth-order valence-corrected chi connectivity index (χ4v) is 4.94. The van der Waals surface area contributed by atoms with Crippen molar-refractivity contribution in [1.82, 2.24) is 9.78 Å². The lowest BCUT2D eigenvalue weighted by Gasteiger charge is -2.17. The molecule has 1 unspecified atom stereocenters. The Morgan fingerprint density at radius 3 is 2.61 bits per heavy atom. The van der Waals surface area contributed by atoms with Crippen LogP contribution in [0, 0.1) is 0 Å². The number of rotatable bonds is 3. The van der Waals surface area contributed by atoms with Crippen molar-refractivity contribution in [2.45, 2.75) is 25.9 Å². The number of halogens is 3. The first kappa shape index (κ1) is 14.5. The van der Waals surface area contributed by atoms with Crippen molar-refractivity contribution >= 4 is 54.8 Å². The number of hydrogen-bond acceptors (Lipinski definition) is 3. The fraction of sp³-hybridized carbons (Fsp3) is 0.364. The van der Waals surface area contributed by atoms with Crippen LogP contribution < -0.4 is 5.73 Å².